The molecule has 0 aliphatic carbocycles. The van der Waals surface area contributed by atoms with Crippen LogP contribution in [0.1, 0.15) is 32.5 Å². The molecule has 1 unspecified atom stereocenters. The SMILES string of the molecule is CC(C)C1CCCn2c(nc3csnc32)C1. The maximum Gasteiger partial charge on any atom is 0.173 e. The Morgan fingerprint density at radius 2 is 2.38 bits per heavy atom. The van der Waals surface area contributed by atoms with Gasteiger partial charge in [0, 0.05) is 18.3 Å². The second-order valence-electron chi connectivity index (χ2n) is 5.05. The molecule has 0 amide bonds. The van der Waals surface area contributed by atoms with E-state index in [4.69, 9.17) is 4.98 Å². The van der Waals surface area contributed by atoms with Gasteiger partial charge in [0.15, 0.2) is 5.65 Å². The van der Waals surface area contributed by atoms with Gasteiger partial charge in [-0.1, -0.05) is 13.8 Å². The second kappa shape index (κ2) is 3.84. The molecule has 1 aliphatic rings. The molecular formula is C12H17N3S. The number of hydrogen-bond acceptors (Lipinski definition) is 3. The summed E-state index contributed by atoms with van der Waals surface area (Å²) in [6.07, 6.45) is 3.71. The fourth-order valence-electron chi connectivity index (χ4n) is 2.62. The van der Waals surface area contributed by atoms with Crippen molar-refractivity contribution in [3.8, 4) is 0 Å². The third-order valence-corrected chi connectivity index (χ3v) is 4.30. The van der Waals surface area contributed by atoms with Crippen molar-refractivity contribution in [2.75, 3.05) is 0 Å². The Kier molecular flexibility index (Phi) is 2.46. The maximum absolute atomic E-state index is 4.72. The first kappa shape index (κ1) is 10.3. The summed E-state index contributed by atoms with van der Waals surface area (Å²) in [7, 11) is 0. The van der Waals surface area contributed by atoms with Crippen molar-refractivity contribution in [1.82, 2.24) is 13.9 Å². The van der Waals surface area contributed by atoms with E-state index in [1.54, 1.807) is 0 Å². The molecule has 0 bridgehead atoms. The second-order valence-corrected chi connectivity index (χ2v) is 5.68. The lowest BCUT2D eigenvalue weighted by atomic mass is 9.89. The highest BCUT2D eigenvalue weighted by Gasteiger charge is 2.22. The van der Waals surface area contributed by atoms with Gasteiger partial charge in [0.2, 0.25) is 0 Å². The first-order valence-electron chi connectivity index (χ1n) is 6.05. The Morgan fingerprint density at radius 1 is 1.50 bits per heavy atom. The summed E-state index contributed by atoms with van der Waals surface area (Å²) in [5.74, 6) is 2.80. The van der Waals surface area contributed by atoms with Crippen LogP contribution in [0.5, 0.6) is 0 Å². The van der Waals surface area contributed by atoms with Gasteiger partial charge in [-0.2, -0.15) is 4.37 Å². The molecule has 0 fully saturated rings. The van der Waals surface area contributed by atoms with E-state index in [9.17, 15) is 0 Å². The van der Waals surface area contributed by atoms with Gasteiger partial charge >= 0.3 is 0 Å². The highest BCUT2D eigenvalue weighted by Crippen LogP contribution is 2.28. The van der Waals surface area contributed by atoms with E-state index in [0.29, 0.717) is 0 Å². The van der Waals surface area contributed by atoms with Crippen LogP contribution in [-0.2, 0) is 13.0 Å². The molecule has 3 rings (SSSR count). The van der Waals surface area contributed by atoms with Crippen LogP contribution in [0.15, 0.2) is 5.38 Å². The van der Waals surface area contributed by atoms with Gasteiger partial charge < -0.3 is 4.57 Å². The van der Waals surface area contributed by atoms with Crippen molar-refractivity contribution >= 4 is 22.7 Å². The molecule has 4 heteroatoms. The van der Waals surface area contributed by atoms with E-state index >= 15 is 0 Å². The molecule has 2 aromatic heterocycles. The number of imidazole rings is 1. The van der Waals surface area contributed by atoms with Crippen molar-refractivity contribution in [3.63, 3.8) is 0 Å². The summed E-state index contributed by atoms with van der Waals surface area (Å²) in [4.78, 5) is 4.72. The highest BCUT2D eigenvalue weighted by atomic mass is 32.1. The Balaban J connectivity index is 2.02. The van der Waals surface area contributed by atoms with Gasteiger partial charge in [0.05, 0.1) is 0 Å². The van der Waals surface area contributed by atoms with E-state index in [-0.39, 0.29) is 0 Å². The van der Waals surface area contributed by atoms with E-state index in [1.165, 1.54) is 30.2 Å². The summed E-state index contributed by atoms with van der Waals surface area (Å²) < 4.78 is 6.77. The van der Waals surface area contributed by atoms with Crippen molar-refractivity contribution in [1.29, 1.82) is 0 Å². The molecule has 0 N–H and O–H groups in total. The predicted molar refractivity (Wildman–Crippen MR) is 66.7 cm³/mol. The summed E-state index contributed by atoms with van der Waals surface area (Å²) >= 11 is 1.51. The van der Waals surface area contributed by atoms with E-state index in [1.807, 2.05) is 0 Å². The molecule has 0 aromatic carbocycles. The molecule has 0 spiro atoms. The first-order valence-corrected chi connectivity index (χ1v) is 6.89. The van der Waals surface area contributed by atoms with Gasteiger partial charge in [-0.05, 0) is 36.2 Å². The van der Waals surface area contributed by atoms with E-state index < -0.39 is 0 Å². The fourth-order valence-corrected chi connectivity index (χ4v) is 3.22. The average molecular weight is 235 g/mol. The lowest BCUT2D eigenvalue weighted by molar-refractivity contribution is 0.355. The number of aryl methyl sites for hydroxylation is 1. The van der Waals surface area contributed by atoms with Crippen LogP contribution in [0, 0.1) is 11.8 Å². The number of fused-ring (bicyclic) bond motifs is 3. The molecule has 1 atom stereocenters. The molecular weight excluding hydrogens is 218 g/mol. The lowest BCUT2D eigenvalue weighted by Crippen LogP contribution is -2.11. The number of aromatic nitrogens is 3. The van der Waals surface area contributed by atoms with Crippen molar-refractivity contribution in [2.45, 2.75) is 39.7 Å². The van der Waals surface area contributed by atoms with Crippen molar-refractivity contribution in [3.05, 3.63) is 11.2 Å². The molecule has 2 aromatic rings. The monoisotopic (exact) mass is 235 g/mol. The Labute approximate surface area is 99.7 Å². The Bertz CT molecular complexity index is 497. The minimum atomic E-state index is 0.758. The molecule has 3 nitrogen and oxygen atoms in total. The third kappa shape index (κ3) is 1.56. The number of hydrogen-bond donors (Lipinski definition) is 0. The lowest BCUT2D eigenvalue weighted by Gasteiger charge is -2.16. The maximum atomic E-state index is 4.72. The smallest absolute Gasteiger partial charge is 0.173 e. The van der Waals surface area contributed by atoms with Crippen molar-refractivity contribution in [2.24, 2.45) is 11.8 Å². The molecule has 0 radical (unpaired) electrons. The molecule has 16 heavy (non-hydrogen) atoms. The predicted octanol–water partition coefficient (Wildman–Crippen LogP) is 3.10. The van der Waals surface area contributed by atoms with Gasteiger partial charge in [-0.25, -0.2) is 4.98 Å². The molecule has 0 saturated heterocycles. The summed E-state index contributed by atoms with van der Waals surface area (Å²) in [6.45, 7) is 5.74. The molecule has 1 aliphatic heterocycles. The zero-order valence-corrected chi connectivity index (χ0v) is 10.6. The third-order valence-electron chi connectivity index (χ3n) is 3.69. The van der Waals surface area contributed by atoms with Crippen LogP contribution in [0.4, 0.5) is 0 Å². The van der Waals surface area contributed by atoms with Gasteiger partial charge in [0.1, 0.15) is 11.3 Å². The summed E-state index contributed by atoms with van der Waals surface area (Å²) in [5, 5.41) is 2.06. The number of rotatable bonds is 1. The molecule has 86 valence electrons. The summed E-state index contributed by atoms with van der Waals surface area (Å²) in [5.41, 5.74) is 2.19. The van der Waals surface area contributed by atoms with Crippen LogP contribution >= 0.6 is 11.5 Å². The minimum Gasteiger partial charge on any atom is -0.312 e. The van der Waals surface area contributed by atoms with Gasteiger partial charge in [-0.15, -0.1) is 0 Å². The Hall–Kier alpha value is -0.900. The summed E-state index contributed by atoms with van der Waals surface area (Å²) in [6, 6.07) is 0. The zero-order chi connectivity index (χ0) is 11.1. The number of nitrogens with zero attached hydrogens (tertiary/aromatic N) is 3. The quantitative estimate of drug-likeness (QED) is 0.760. The Morgan fingerprint density at radius 3 is 3.19 bits per heavy atom. The van der Waals surface area contributed by atoms with Crippen LogP contribution in [0.3, 0.4) is 0 Å². The van der Waals surface area contributed by atoms with Crippen LogP contribution in [0.2, 0.25) is 0 Å². The fraction of sp³-hybridized carbons (Fsp3) is 0.667. The average Bonchev–Trinajstić information content (AvgIpc) is 2.73. The largest absolute Gasteiger partial charge is 0.312 e. The van der Waals surface area contributed by atoms with Crippen LogP contribution in [-0.4, -0.2) is 13.9 Å². The van der Waals surface area contributed by atoms with E-state index in [0.717, 1.165) is 36.0 Å². The molecule has 0 saturated carbocycles. The van der Waals surface area contributed by atoms with Crippen LogP contribution in [0.25, 0.3) is 11.2 Å². The zero-order valence-electron chi connectivity index (χ0n) is 9.81. The van der Waals surface area contributed by atoms with Crippen LogP contribution < -0.4 is 0 Å². The van der Waals surface area contributed by atoms with Crippen molar-refractivity contribution < 1.29 is 0 Å². The topological polar surface area (TPSA) is 30.7 Å². The van der Waals surface area contributed by atoms with Gasteiger partial charge in [-0.3, -0.25) is 0 Å². The standard InChI is InChI=1S/C12H17N3S/c1-8(2)9-4-3-5-15-11(6-9)13-10-7-16-14-12(10)15/h7-9H,3-6H2,1-2H3. The van der Waals surface area contributed by atoms with Gasteiger partial charge in [0.25, 0.3) is 0 Å². The highest BCUT2D eigenvalue weighted by molar-refractivity contribution is 7.04. The normalized spacial score (nSPS) is 21.3. The first-order chi connectivity index (χ1) is 7.75. The van der Waals surface area contributed by atoms with E-state index in [2.05, 4.69) is 28.2 Å². The molecule has 3 heterocycles. The minimum absolute atomic E-state index is 0.758.